The van der Waals surface area contributed by atoms with Crippen molar-refractivity contribution in [3.8, 4) is 0 Å². The van der Waals surface area contributed by atoms with E-state index in [1.807, 2.05) is 0 Å². The number of methoxy groups -OCH3 is 1. The molecule has 1 heterocycles. The van der Waals surface area contributed by atoms with E-state index in [1.54, 1.807) is 24.3 Å². The third-order valence-electron chi connectivity index (χ3n) is 2.76. The van der Waals surface area contributed by atoms with Gasteiger partial charge in [-0.2, -0.15) is 0 Å². The number of carbonyl (C=O) groups is 2. The minimum absolute atomic E-state index is 0.209. The van der Waals surface area contributed by atoms with E-state index in [-0.39, 0.29) is 11.3 Å². The molecule has 0 atom stereocenters. The first-order valence-electron chi connectivity index (χ1n) is 6.02. The highest BCUT2D eigenvalue weighted by atomic mass is 16.5. The van der Waals surface area contributed by atoms with E-state index in [0.29, 0.717) is 17.1 Å². The highest BCUT2D eigenvalue weighted by Crippen LogP contribution is 2.20. The average Bonchev–Trinajstić information content (AvgIpc) is 2.48. The summed E-state index contributed by atoms with van der Waals surface area (Å²) in [5.74, 6) is -0.686. The number of anilines is 3. The molecular formula is C14H14N4O3. The standard InChI is InChI=1S/C14H14N4O3/c1-21-14(20)10-6-12(17-7-11(10)15)18-9-4-2-3-8(5-9)13(16)19/h2-7H,15H2,1H3,(H2,16,19)(H,17,18). The quantitative estimate of drug-likeness (QED) is 0.728. The Balaban J connectivity index is 2.30. The predicted molar refractivity (Wildman–Crippen MR) is 78.2 cm³/mol. The maximum atomic E-state index is 11.6. The molecule has 0 saturated carbocycles. The topological polar surface area (TPSA) is 120 Å². The van der Waals surface area contributed by atoms with Crippen molar-refractivity contribution in [3.05, 3.63) is 47.7 Å². The van der Waals surface area contributed by atoms with Gasteiger partial charge in [0.1, 0.15) is 5.82 Å². The van der Waals surface area contributed by atoms with E-state index in [2.05, 4.69) is 15.0 Å². The van der Waals surface area contributed by atoms with Crippen LogP contribution in [0.3, 0.4) is 0 Å². The number of pyridine rings is 1. The largest absolute Gasteiger partial charge is 0.465 e. The lowest BCUT2D eigenvalue weighted by atomic mass is 10.2. The Kier molecular flexibility index (Phi) is 4.03. The van der Waals surface area contributed by atoms with Gasteiger partial charge >= 0.3 is 5.97 Å². The van der Waals surface area contributed by atoms with E-state index >= 15 is 0 Å². The number of nitrogens with zero attached hydrogens (tertiary/aromatic N) is 1. The third-order valence-corrected chi connectivity index (χ3v) is 2.76. The smallest absolute Gasteiger partial charge is 0.340 e. The maximum Gasteiger partial charge on any atom is 0.340 e. The van der Waals surface area contributed by atoms with Gasteiger partial charge < -0.3 is 21.5 Å². The molecule has 0 saturated heterocycles. The number of hydrogen-bond acceptors (Lipinski definition) is 6. The van der Waals surface area contributed by atoms with E-state index in [9.17, 15) is 9.59 Å². The zero-order chi connectivity index (χ0) is 15.4. The molecule has 0 bridgehead atoms. The second-order valence-corrected chi connectivity index (χ2v) is 4.22. The fourth-order valence-electron chi connectivity index (χ4n) is 1.72. The number of aromatic nitrogens is 1. The molecule has 0 fully saturated rings. The molecular weight excluding hydrogens is 272 g/mol. The summed E-state index contributed by atoms with van der Waals surface area (Å²) >= 11 is 0. The molecule has 0 aliphatic carbocycles. The Labute approximate surface area is 120 Å². The number of nitrogen functional groups attached to an aromatic ring is 1. The summed E-state index contributed by atoms with van der Waals surface area (Å²) in [6.45, 7) is 0. The van der Waals surface area contributed by atoms with Crippen molar-refractivity contribution in [2.45, 2.75) is 0 Å². The molecule has 2 rings (SSSR count). The summed E-state index contributed by atoms with van der Waals surface area (Å²) in [4.78, 5) is 26.8. The molecule has 1 amide bonds. The van der Waals surface area contributed by atoms with Crippen LogP contribution in [0, 0.1) is 0 Å². The third kappa shape index (κ3) is 3.27. The molecule has 7 heteroatoms. The van der Waals surface area contributed by atoms with Crippen molar-refractivity contribution in [2.24, 2.45) is 5.73 Å². The summed E-state index contributed by atoms with van der Waals surface area (Å²) in [5, 5.41) is 2.96. The van der Waals surface area contributed by atoms with Gasteiger partial charge in [0, 0.05) is 11.3 Å². The number of rotatable bonds is 4. The summed E-state index contributed by atoms with van der Waals surface area (Å²) in [7, 11) is 1.27. The van der Waals surface area contributed by atoms with E-state index in [0.717, 1.165) is 0 Å². The molecule has 0 unspecified atom stereocenters. The molecule has 0 aliphatic rings. The van der Waals surface area contributed by atoms with E-state index in [1.165, 1.54) is 19.4 Å². The van der Waals surface area contributed by atoms with Crippen molar-refractivity contribution in [3.63, 3.8) is 0 Å². The number of nitrogens with one attached hydrogen (secondary N) is 1. The molecule has 7 nitrogen and oxygen atoms in total. The maximum absolute atomic E-state index is 11.6. The summed E-state index contributed by atoms with van der Waals surface area (Å²) in [5.41, 5.74) is 12.3. The number of benzene rings is 1. The number of amides is 1. The van der Waals surface area contributed by atoms with Crippen molar-refractivity contribution in [1.82, 2.24) is 4.98 Å². The zero-order valence-corrected chi connectivity index (χ0v) is 11.3. The van der Waals surface area contributed by atoms with Crippen LogP contribution in [0.4, 0.5) is 17.2 Å². The fourth-order valence-corrected chi connectivity index (χ4v) is 1.72. The Morgan fingerprint density at radius 3 is 2.71 bits per heavy atom. The lowest BCUT2D eigenvalue weighted by Gasteiger charge is -2.09. The molecule has 108 valence electrons. The number of hydrogen-bond donors (Lipinski definition) is 3. The SMILES string of the molecule is COC(=O)c1cc(Nc2cccc(C(N)=O)c2)ncc1N. The van der Waals surface area contributed by atoms with Crippen molar-refractivity contribution >= 4 is 29.1 Å². The highest BCUT2D eigenvalue weighted by Gasteiger charge is 2.12. The summed E-state index contributed by atoms with van der Waals surface area (Å²) < 4.78 is 4.64. The lowest BCUT2D eigenvalue weighted by molar-refractivity contribution is 0.0601. The summed E-state index contributed by atoms with van der Waals surface area (Å²) in [6, 6.07) is 8.07. The number of nitrogens with two attached hydrogens (primary N) is 2. The van der Waals surface area contributed by atoms with Gasteiger partial charge in [-0.25, -0.2) is 9.78 Å². The van der Waals surface area contributed by atoms with Gasteiger partial charge in [0.2, 0.25) is 5.91 Å². The van der Waals surface area contributed by atoms with E-state index in [4.69, 9.17) is 11.5 Å². The monoisotopic (exact) mass is 286 g/mol. The number of carbonyl (C=O) groups excluding carboxylic acids is 2. The Morgan fingerprint density at radius 1 is 1.29 bits per heavy atom. The van der Waals surface area contributed by atoms with Crippen molar-refractivity contribution in [1.29, 1.82) is 0 Å². The fraction of sp³-hybridized carbons (Fsp3) is 0.0714. The van der Waals surface area contributed by atoms with Crippen LogP contribution in [-0.2, 0) is 4.74 Å². The normalized spacial score (nSPS) is 9.95. The second-order valence-electron chi connectivity index (χ2n) is 4.22. The van der Waals surface area contributed by atoms with Crippen LogP contribution >= 0.6 is 0 Å². The molecule has 0 spiro atoms. The van der Waals surface area contributed by atoms with Crippen LogP contribution < -0.4 is 16.8 Å². The lowest BCUT2D eigenvalue weighted by Crippen LogP contribution is -2.11. The van der Waals surface area contributed by atoms with Crippen molar-refractivity contribution in [2.75, 3.05) is 18.2 Å². The van der Waals surface area contributed by atoms with Crippen LogP contribution in [0.5, 0.6) is 0 Å². The first-order chi connectivity index (χ1) is 10.0. The minimum atomic E-state index is -0.552. The first-order valence-corrected chi connectivity index (χ1v) is 6.02. The highest BCUT2D eigenvalue weighted by molar-refractivity contribution is 5.96. The molecule has 0 aliphatic heterocycles. The average molecular weight is 286 g/mol. The van der Waals surface area contributed by atoms with Gasteiger partial charge in [0.05, 0.1) is 24.6 Å². The van der Waals surface area contributed by atoms with Crippen LogP contribution in [0.15, 0.2) is 36.5 Å². The van der Waals surface area contributed by atoms with Crippen LogP contribution in [-0.4, -0.2) is 24.0 Å². The van der Waals surface area contributed by atoms with Gasteiger partial charge in [-0.1, -0.05) is 6.07 Å². The Hall–Kier alpha value is -3.09. The molecule has 2 aromatic rings. The number of esters is 1. The Bertz CT molecular complexity index is 700. The predicted octanol–water partition coefficient (Wildman–Crippen LogP) is 1.29. The molecule has 21 heavy (non-hydrogen) atoms. The number of ether oxygens (including phenoxy) is 1. The van der Waals surface area contributed by atoms with Gasteiger partial charge in [-0.05, 0) is 24.3 Å². The van der Waals surface area contributed by atoms with Crippen LogP contribution in [0.2, 0.25) is 0 Å². The molecule has 1 aromatic carbocycles. The molecule has 5 N–H and O–H groups in total. The van der Waals surface area contributed by atoms with Gasteiger partial charge in [-0.15, -0.1) is 0 Å². The van der Waals surface area contributed by atoms with Crippen LogP contribution in [0.1, 0.15) is 20.7 Å². The van der Waals surface area contributed by atoms with Gasteiger partial charge in [-0.3, -0.25) is 4.79 Å². The summed E-state index contributed by atoms with van der Waals surface area (Å²) in [6.07, 6.45) is 1.35. The van der Waals surface area contributed by atoms with Crippen molar-refractivity contribution < 1.29 is 14.3 Å². The van der Waals surface area contributed by atoms with Gasteiger partial charge in [0.15, 0.2) is 0 Å². The Morgan fingerprint density at radius 2 is 2.05 bits per heavy atom. The van der Waals surface area contributed by atoms with Gasteiger partial charge in [0.25, 0.3) is 0 Å². The zero-order valence-electron chi connectivity index (χ0n) is 11.3. The number of primary amides is 1. The molecule has 0 radical (unpaired) electrons. The van der Waals surface area contributed by atoms with E-state index < -0.39 is 11.9 Å². The first kappa shape index (κ1) is 14.3. The minimum Gasteiger partial charge on any atom is -0.465 e. The second kappa shape index (κ2) is 5.91. The van der Waals surface area contributed by atoms with Crippen LogP contribution in [0.25, 0.3) is 0 Å². The molecule has 1 aromatic heterocycles.